The first-order chi connectivity index (χ1) is 6.09. The van der Waals surface area contributed by atoms with Crippen LogP contribution in [0.4, 0.5) is 8.78 Å². The van der Waals surface area contributed by atoms with Gasteiger partial charge in [-0.2, -0.15) is 0 Å². The normalized spacial score (nSPS) is 10.4. The van der Waals surface area contributed by atoms with Gasteiger partial charge in [-0.15, -0.1) is 9.94 Å². The Morgan fingerprint density at radius 3 is 2.92 bits per heavy atom. The van der Waals surface area contributed by atoms with Crippen LogP contribution in [0.15, 0.2) is 12.3 Å². The molecule has 0 spiro atoms. The highest BCUT2D eigenvalue weighted by Gasteiger charge is 2.08. The molecule has 1 rings (SSSR count). The maximum atomic E-state index is 11.6. The first kappa shape index (κ1) is 9.43. The average molecular weight is 192 g/mol. The van der Waals surface area contributed by atoms with E-state index in [4.69, 9.17) is 5.11 Å². The van der Waals surface area contributed by atoms with E-state index < -0.39 is 19.0 Å². The molecule has 0 saturated carbocycles. The number of halogens is 2. The van der Waals surface area contributed by atoms with Crippen LogP contribution in [0, 0.1) is 0 Å². The lowest BCUT2D eigenvalue weighted by Gasteiger charge is -2.02. The Bertz CT molecular complexity index is 300. The minimum Gasteiger partial charge on any atom is -0.476 e. The molecule has 1 aromatic rings. The molecule has 0 unspecified atom stereocenters. The fraction of sp³-hybridized carbons (Fsp3) is 0.333. The van der Waals surface area contributed by atoms with Crippen molar-refractivity contribution in [1.82, 2.24) is 9.94 Å². The van der Waals surface area contributed by atoms with Crippen molar-refractivity contribution in [2.24, 2.45) is 0 Å². The van der Waals surface area contributed by atoms with Crippen LogP contribution >= 0.6 is 0 Å². The van der Waals surface area contributed by atoms with Gasteiger partial charge in [0.05, 0.1) is 6.20 Å². The van der Waals surface area contributed by atoms with Crippen LogP contribution in [-0.2, 0) is 0 Å². The van der Waals surface area contributed by atoms with Gasteiger partial charge in [0, 0.05) is 0 Å². The SMILES string of the molecule is O=C(O)c1ccn(OCC(F)F)n1. The maximum Gasteiger partial charge on any atom is 0.356 e. The molecule has 1 aromatic heterocycles. The Kier molecular flexibility index (Phi) is 2.78. The summed E-state index contributed by atoms with van der Waals surface area (Å²) in [7, 11) is 0. The van der Waals surface area contributed by atoms with Crippen LogP contribution in [-0.4, -0.2) is 34.1 Å². The number of carboxylic acid groups (broad SMARTS) is 1. The highest BCUT2D eigenvalue weighted by Crippen LogP contribution is 1.95. The molecule has 0 saturated heterocycles. The third kappa shape index (κ3) is 2.69. The quantitative estimate of drug-likeness (QED) is 0.743. The number of hydrogen-bond donors (Lipinski definition) is 1. The van der Waals surface area contributed by atoms with E-state index in [9.17, 15) is 13.6 Å². The molecular weight excluding hydrogens is 186 g/mol. The van der Waals surface area contributed by atoms with Gasteiger partial charge in [-0.05, 0) is 6.07 Å². The van der Waals surface area contributed by atoms with E-state index in [0.29, 0.717) is 4.85 Å². The van der Waals surface area contributed by atoms with Crippen molar-refractivity contribution >= 4 is 5.97 Å². The Hall–Kier alpha value is -1.66. The van der Waals surface area contributed by atoms with Crippen LogP contribution in [0.5, 0.6) is 0 Å². The van der Waals surface area contributed by atoms with Gasteiger partial charge in [-0.25, -0.2) is 13.6 Å². The predicted octanol–water partition coefficient (Wildman–Crippen LogP) is 0.275. The first-order valence-electron chi connectivity index (χ1n) is 3.30. The van der Waals surface area contributed by atoms with E-state index >= 15 is 0 Å². The smallest absolute Gasteiger partial charge is 0.356 e. The lowest BCUT2D eigenvalue weighted by atomic mass is 10.5. The van der Waals surface area contributed by atoms with Gasteiger partial charge in [0.1, 0.15) is 0 Å². The van der Waals surface area contributed by atoms with Crippen molar-refractivity contribution in [3.8, 4) is 0 Å². The van der Waals surface area contributed by atoms with Crippen LogP contribution in [0.3, 0.4) is 0 Å². The van der Waals surface area contributed by atoms with E-state index in [2.05, 4.69) is 9.94 Å². The maximum absolute atomic E-state index is 11.6. The van der Waals surface area contributed by atoms with Gasteiger partial charge in [0.15, 0.2) is 12.3 Å². The van der Waals surface area contributed by atoms with Crippen LogP contribution in [0.1, 0.15) is 10.5 Å². The lowest BCUT2D eigenvalue weighted by molar-refractivity contribution is -0.00534. The molecule has 0 aromatic carbocycles. The van der Waals surface area contributed by atoms with E-state index in [0.717, 1.165) is 12.3 Å². The summed E-state index contributed by atoms with van der Waals surface area (Å²) in [4.78, 5) is 15.4. The molecule has 1 N–H and O–H groups in total. The van der Waals surface area contributed by atoms with Crippen LogP contribution < -0.4 is 4.84 Å². The van der Waals surface area contributed by atoms with Crippen LogP contribution in [0.2, 0.25) is 0 Å². The Morgan fingerprint density at radius 2 is 2.46 bits per heavy atom. The molecule has 0 aliphatic carbocycles. The summed E-state index contributed by atoms with van der Waals surface area (Å²) in [5.41, 5.74) is -0.255. The largest absolute Gasteiger partial charge is 0.476 e. The summed E-state index contributed by atoms with van der Waals surface area (Å²) in [5.74, 6) is -1.24. The molecule has 0 bridgehead atoms. The summed E-state index contributed by atoms with van der Waals surface area (Å²) >= 11 is 0. The topological polar surface area (TPSA) is 64.3 Å². The zero-order valence-electron chi connectivity index (χ0n) is 6.35. The number of nitrogens with zero attached hydrogens (tertiary/aromatic N) is 2. The molecule has 0 amide bonds. The second-order valence-electron chi connectivity index (χ2n) is 2.10. The van der Waals surface area contributed by atoms with Gasteiger partial charge in [-0.1, -0.05) is 0 Å². The molecule has 5 nitrogen and oxygen atoms in total. The zero-order valence-corrected chi connectivity index (χ0v) is 6.35. The van der Waals surface area contributed by atoms with E-state index in [1.165, 1.54) is 0 Å². The van der Waals surface area contributed by atoms with Crippen molar-refractivity contribution in [3.05, 3.63) is 18.0 Å². The van der Waals surface area contributed by atoms with Gasteiger partial charge in [0.25, 0.3) is 6.43 Å². The van der Waals surface area contributed by atoms with Crippen molar-refractivity contribution in [2.75, 3.05) is 6.61 Å². The molecule has 7 heteroatoms. The van der Waals surface area contributed by atoms with Crippen molar-refractivity contribution in [1.29, 1.82) is 0 Å². The Balaban J connectivity index is 2.54. The fourth-order valence-corrected chi connectivity index (χ4v) is 0.626. The van der Waals surface area contributed by atoms with Gasteiger partial charge in [0.2, 0.25) is 0 Å². The first-order valence-corrected chi connectivity index (χ1v) is 3.30. The van der Waals surface area contributed by atoms with Crippen molar-refractivity contribution in [3.63, 3.8) is 0 Å². The third-order valence-electron chi connectivity index (χ3n) is 1.12. The number of aromatic carboxylic acids is 1. The van der Waals surface area contributed by atoms with Crippen molar-refractivity contribution in [2.45, 2.75) is 6.43 Å². The standard InChI is InChI=1S/C6H6F2N2O3/c7-5(8)3-13-10-2-1-4(9-10)6(11)12/h1-2,5H,3H2,(H,11,12). The summed E-state index contributed by atoms with van der Waals surface area (Å²) in [6.07, 6.45) is -1.47. The lowest BCUT2D eigenvalue weighted by Crippen LogP contribution is -2.19. The molecule has 72 valence electrons. The van der Waals surface area contributed by atoms with Crippen molar-refractivity contribution < 1.29 is 23.5 Å². The number of hydrogen-bond acceptors (Lipinski definition) is 3. The molecule has 0 aliphatic heterocycles. The van der Waals surface area contributed by atoms with Gasteiger partial charge >= 0.3 is 5.97 Å². The monoisotopic (exact) mass is 192 g/mol. The Morgan fingerprint density at radius 1 is 1.77 bits per heavy atom. The van der Waals surface area contributed by atoms with E-state index in [-0.39, 0.29) is 5.69 Å². The number of aromatic nitrogens is 2. The van der Waals surface area contributed by atoms with E-state index in [1.807, 2.05) is 0 Å². The zero-order chi connectivity index (χ0) is 9.84. The average Bonchev–Trinajstić information content (AvgIpc) is 2.48. The summed E-state index contributed by atoms with van der Waals surface area (Å²) in [6.45, 7) is -0.819. The predicted molar refractivity (Wildman–Crippen MR) is 36.6 cm³/mol. The molecular formula is C6H6F2N2O3. The number of carboxylic acids is 1. The number of alkyl halides is 2. The van der Waals surface area contributed by atoms with Gasteiger partial charge in [-0.3, -0.25) is 0 Å². The molecule has 0 fully saturated rings. The minimum absolute atomic E-state index is 0.255. The van der Waals surface area contributed by atoms with Gasteiger partial charge < -0.3 is 9.94 Å². The third-order valence-corrected chi connectivity index (χ3v) is 1.12. The molecule has 0 radical (unpaired) electrons. The molecule has 13 heavy (non-hydrogen) atoms. The number of carbonyl (C=O) groups is 1. The molecule has 1 heterocycles. The Labute approximate surface area is 71.5 Å². The second kappa shape index (κ2) is 3.83. The highest BCUT2D eigenvalue weighted by molar-refractivity contribution is 5.84. The summed E-state index contributed by atoms with van der Waals surface area (Å²) in [6, 6.07) is 1.15. The summed E-state index contributed by atoms with van der Waals surface area (Å²) < 4.78 is 23.2. The number of rotatable bonds is 4. The van der Waals surface area contributed by atoms with E-state index in [1.54, 1.807) is 0 Å². The minimum atomic E-state index is -2.61. The highest BCUT2D eigenvalue weighted by atomic mass is 19.3. The van der Waals surface area contributed by atoms with Crippen LogP contribution in [0.25, 0.3) is 0 Å². The molecule has 0 aliphatic rings. The molecule has 0 atom stereocenters. The second-order valence-corrected chi connectivity index (χ2v) is 2.10. The summed E-state index contributed by atoms with van der Waals surface area (Å²) in [5, 5.41) is 11.7. The fourth-order valence-electron chi connectivity index (χ4n) is 0.626.